The number of pyridine rings is 1. The number of hydrogen-bond donors (Lipinski definition) is 0. The molecule has 0 spiro atoms. The summed E-state index contributed by atoms with van der Waals surface area (Å²) in [6.45, 7) is 4.62. The van der Waals surface area contributed by atoms with Crippen molar-refractivity contribution in [2.45, 2.75) is 90.4 Å². The predicted molar refractivity (Wildman–Crippen MR) is 89.1 cm³/mol. The Labute approximate surface area is 126 Å². The van der Waals surface area contributed by atoms with Crippen LogP contribution in [0.5, 0.6) is 0 Å². The van der Waals surface area contributed by atoms with Crippen LogP contribution in [-0.2, 0) is 0 Å². The van der Waals surface area contributed by atoms with Gasteiger partial charge in [0.05, 0.1) is 0 Å². The minimum Gasteiger partial charge on any atom is -0.265 e. The normalized spacial score (nSPS) is 12.5. The third-order valence-electron chi connectivity index (χ3n) is 4.27. The summed E-state index contributed by atoms with van der Waals surface area (Å²) >= 11 is 0. The van der Waals surface area contributed by atoms with Gasteiger partial charge in [-0.2, -0.15) is 0 Å². The van der Waals surface area contributed by atoms with Crippen molar-refractivity contribution >= 4 is 0 Å². The van der Waals surface area contributed by atoms with Crippen LogP contribution in [0, 0.1) is 0 Å². The Hall–Kier alpha value is -0.850. The summed E-state index contributed by atoms with van der Waals surface area (Å²) in [6.07, 6.45) is 19.4. The Bertz CT molecular complexity index is 307. The van der Waals surface area contributed by atoms with Gasteiger partial charge in [0.25, 0.3) is 0 Å². The summed E-state index contributed by atoms with van der Waals surface area (Å²) in [4.78, 5) is 4.08. The van der Waals surface area contributed by atoms with Crippen molar-refractivity contribution in [2.24, 2.45) is 0 Å². The van der Waals surface area contributed by atoms with Crippen LogP contribution in [0.3, 0.4) is 0 Å². The molecule has 0 saturated heterocycles. The van der Waals surface area contributed by atoms with Crippen LogP contribution in [0.25, 0.3) is 0 Å². The van der Waals surface area contributed by atoms with E-state index in [0.717, 1.165) is 0 Å². The molecule has 1 rings (SSSR count). The van der Waals surface area contributed by atoms with E-state index in [4.69, 9.17) is 0 Å². The van der Waals surface area contributed by atoms with Gasteiger partial charge in [0.1, 0.15) is 0 Å². The second kappa shape index (κ2) is 11.9. The van der Waals surface area contributed by atoms with Gasteiger partial charge in [0.2, 0.25) is 0 Å². The smallest absolute Gasteiger partial charge is 0.0270 e. The van der Waals surface area contributed by atoms with Gasteiger partial charge in [-0.25, -0.2) is 0 Å². The van der Waals surface area contributed by atoms with E-state index in [2.05, 4.69) is 31.0 Å². The Balaban J connectivity index is 1.90. The van der Waals surface area contributed by atoms with Crippen molar-refractivity contribution in [3.63, 3.8) is 0 Å². The number of nitrogens with zero attached hydrogens (tertiary/aromatic N) is 1. The fraction of sp³-hybridized carbons (Fsp3) is 0.737. The molecule has 1 aromatic rings. The lowest BCUT2D eigenvalue weighted by atomic mass is 9.95. The van der Waals surface area contributed by atoms with Crippen molar-refractivity contribution in [3.05, 3.63) is 30.1 Å². The molecule has 114 valence electrons. The van der Waals surface area contributed by atoms with E-state index in [1.54, 1.807) is 0 Å². The summed E-state index contributed by atoms with van der Waals surface area (Å²) < 4.78 is 0. The highest BCUT2D eigenvalue weighted by Gasteiger charge is 2.04. The largest absolute Gasteiger partial charge is 0.265 e. The van der Waals surface area contributed by atoms with E-state index in [1.165, 1.54) is 76.2 Å². The molecule has 1 heteroatoms. The van der Waals surface area contributed by atoms with Crippen LogP contribution in [0.1, 0.15) is 96.0 Å². The second-order valence-corrected chi connectivity index (χ2v) is 6.15. The molecule has 0 aromatic carbocycles. The van der Waals surface area contributed by atoms with Crippen LogP contribution in [-0.4, -0.2) is 4.98 Å². The zero-order valence-electron chi connectivity index (χ0n) is 13.6. The summed E-state index contributed by atoms with van der Waals surface area (Å²) in [5.41, 5.74) is 1.44. The summed E-state index contributed by atoms with van der Waals surface area (Å²) in [7, 11) is 0. The van der Waals surface area contributed by atoms with Gasteiger partial charge < -0.3 is 0 Å². The maximum absolute atomic E-state index is 4.08. The maximum Gasteiger partial charge on any atom is 0.0270 e. The molecule has 0 amide bonds. The molecule has 0 saturated carbocycles. The Morgan fingerprint density at radius 2 is 1.30 bits per heavy atom. The highest BCUT2D eigenvalue weighted by atomic mass is 14.6. The Morgan fingerprint density at radius 1 is 0.800 bits per heavy atom. The first-order valence-electron chi connectivity index (χ1n) is 8.74. The molecular weight excluding hydrogens is 242 g/mol. The number of aromatic nitrogens is 1. The molecule has 0 fully saturated rings. The van der Waals surface area contributed by atoms with Crippen molar-refractivity contribution in [1.82, 2.24) is 4.98 Å². The van der Waals surface area contributed by atoms with Crippen molar-refractivity contribution in [1.29, 1.82) is 0 Å². The SMILES string of the molecule is CCCCCCCCCCCCC(C)c1ccncc1. The average molecular weight is 275 g/mol. The van der Waals surface area contributed by atoms with Gasteiger partial charge in [0, 0.05) is 12.4 Å². The van der Waals surface area contributed by atoms with Crippen LogP contribution < -0.4 is 0 Å². The molecule has 1 unspecified atom stereocenters. The number of hydrogen-bond acceptors (Lipinski definition) is 1. The average Bonchev–Trinajstić information content (AvgIpc) is 2.50. The van der Waals surface area contributed by atoms with Crippen molar-refractivity contribution in [3.8, 4) is 0 Å². The number of unbranched alkanes of at least 4 members (excludes halogenated alkanes) is 9. The van der Waals surface area contributed by atoms with Gasteiger partial charge in [-0.3, -0.25) is 4.98 Å². The lowest BCUT2D eigenvalue weighted by Gasteiger charge is -2.11. The van der Waals surface area contributed by atoms with Gasteiger partial charge in [-0.1, -0.05) is 78.1 Å². The molecule has 0 aliphatic heterocycles. The maximum atomic E-state index is 4.08. The molecular formula is C19H33N. The minimum absolute atomic E-state index is 0.687. The van der Waals surface area contributed by atoms with Crippen molar-refractivity contribution in [2.75, 3.05) is 0 Å². The fourth-order valence-corrected chi connectivity index (χ4v) is 2.80. The molecule has 1 aromatic heterocycles. The highest BCUT2D eigenvalue weighted by molar-refractivity contribution is 5.14. The van der Waals surface area contributed by atoms with E-state index in [1.807, 2.05) is 12.4 Å². The van der Waals surface area contributed by atoms with E-state index in [9.17, 15) is 0 Å². The van der Waals surface area contributed by atoms with E-state index in [0.29, 0.717) is 5.92 Å². The Morgan fingerprint density at radius 3 is 1.85 bits per heavy atom. The molecule has 0 aliphatic carbocycles. The monoisotopic (exact) mass is 275 g/mol. The molecule has 0 bridgehead atoms. The molecule has 1 atom stereocenters. The zero-order valence-corrected chi connectivity index (χ0v) is 13.6. The first-order valence-corrected chi connectivity index (χ1v) is 8.74. The van der Waals surface area contributed by atoms with Gasteiger partial charge in [-0.15, -0.1) is 0 Å². The van der Waals surface area contributed by atoms with Gasteiger partial charge in [-0.05, 0) is 30.0 Å². The topological polar surface area (TPSA) is 12.9 Å². The summed E-state index contributed by atoms with van der Waals surface area (Å²) in [5, 5.41) is 0. The third kappa shape index (κ3) is 8.35. The van der Waals surface area contributed by atoms with Crippen LogP contribution in [0.15, 0.2) is 24.5 Å². The fourth-order valence-electron chi connectivity index (χ4n) is 2.80. The van der Waals surface area contributed by atoms with E-state index >= 15 is 0 Å². The molecule has 0 N–H and O–H groups in total. The highest BCUT2D eigenvalue weighted by Crippen LogP contribution is 2.21. The quantitative estimate of drug-likeness (QED) is 0.397. The predicted octanol–water partition coefficient (Wildman–Crippen LogP) is 6.50. The van der Waals surface area contributed by atoms with Gasteiger partial charge in [0.15, 0.2) is 0 Å². The zero-order chi connectivity index (χ0) is 14.5. The standard InChI is InChI=1S/C19H33N/c1-3-4-5-6-7-8-9-10-11-12-13-18(2)19-14-16-20-17-15-19/h14-18H,3-13H2,1-2H3. The molecule has 0 aliphatic rings. The van der Waals surface area contributed by atoms with Gasteiger partial charge >= 0.3 is 0 Å². The summed E-state index contributed by atoms with van der Waals surface area (Å²) in [6, 6.07) is 4.31. The second-order valence-electron chi connectivity index (χ2n) is 6.15. The number of rotatable bonds is 12. The van der Waals surface area contributed by atoms with Crippen LogP contribution in [0.4, 0.5) is 0 Å². The third-order valence-corrected chi connectivity index (χ3v) is 4.27. The van der Waals surface area contributed by atoms with Crippen LogP contribution in [0.2, 0.25) is 0 Å². The van der Waals surface area contributed by atoms with Crippen LogP contribution >= 0.6 is 0 Å². The Kier molecular flexibility index (Phi) is 10.3. The first kappa shape index (κ1) is 17.2. The molecule has 1 heterocycles. The van der Waals surface area contributed by atoms with E-state index < -0.39 is 0 Å². The lowest BCUT2D eigenvalue weighted by molar-refractivity contribution is 0.534. The lowest BCUT2D eigenvalue weighted by Crippen LogP contribution is -1.93. The minimum atomic E-state index is 0.687. The molecule has 0 radical (unpaired) electrons. The molecule has 20 heavy (non-hydrogen) atoms. The van der Waals surface area contributed by atoms with Crippen molar-refractivity contribution < 1.29 is 0 Å². The molecule has 1 nitrogen and oxygen atoms in total. The van der Waals surface area contributed by atoms with E-state index in [-0.39, 0.29) is 0 Å². The first-order chi connectivity index (χ1) is 9.84. The summed E-state index contributed by atoms with van der Waals surface area (Å²) in [5.74, 6) is 0.687.